The summed E-state index contributed by atoms with van der Waals surface area (Å²) in [5.74, 6) is 0. The molecule has 0 aliphatic carbocycles. The van der Waals surface area contributed by atoms with Crippen LogP contribution in [0.2, 0.25) is 0 Å². The third kappa shape index (κ3) is 5.12. The van der Waals surface area contributed by atoms with Crippen molar-refractivity contribution < 1.29 is 0 Å². The standard InChI is InChI=1S/C26H36N4/c1-3-28(2)15-9-16-29-18-20-30(21-19-29)17-14-24-23-12-7-8-13-25(23)27-26(24)22-10-5-4-6-11-22/h4-8,10-13,27H,3,9,14-21H2,1-2H3. The first kappa shape index (κ1) is 21.1. The molecule has 1 fully saturated rings. The lowest BCUT2D eigenvalue weighted by molar-refractivity contribution is 0.129. The third-order valence-electron chi connectivity index (χ3n) is 6.57. The number of rotatable bonds is 9. The molecule has 4 heteroatoms. The second kappa shape index (κ2) is 10.3. The van der Waals surface area contributed by atoms with Gasteiger partial charge in [0.05, 0.1) is 0 Å². The second-order valence-electron chi connectivity index (χ2n) is 8.57. The fourth-order valence-corrected chi connectivity index (χ4v) is 4.54. The average molecular weight is 405 g/mol. The number of piperazine rings is 1. The SMILES string of the molecule is CCN(C)CCCN1CCN(CCc2c(-c3ccccc3)[nH]c3ccccc23)CC1. The molecule has 160 valence electrons. The molecular formula is C26H36N4. The molecule has 0 atom stereocenters. The maximum absolute atomic E-state index is 3.68. The Morgan fingerprint density at radius 2 is 1.53 bits per heavy atom. The zero-order valence-corrected chi connectivity index (χ0v) is 18.6. The van der Waals surface area contributed by atoms with Crippen molar-refractivity contribution in [2.45, 2.75) is 19.8 Å². The maximum Gasteiger partial charge on any atom is 0.0497 e. The highest BCUT2D eigenvalue weighted by atomic mass is 15.3. The molecule has 0 amide bonds. The lowest BCUT2D eigenvalue weighted by Crippen LogP contribution is -2.47. The van der Waals surface area contributed by atoms with Crippen molar-refractivity contribution >= 4 is 10.9 Å². The summed E-state index contributed by atoms with van der Waals surface area (Å²) in [7, 11) is 2.21. The first-order valence-electron chi connectivity index (χ1n) is 11.5. The summed E-state index contributed by atoms with van der Waals surface area (Å²) < 4.78 is 0. The Kier molecular flexibility index (Phi) is 7.21. The Hall–Kier alpha value is -2.14. The third-order valence-corrected chi connectivity index (χ3v) is 6.57. The Balaban J connectivity index is 1.36. The smallest absolute Gasteiger partial charge is 0.0497 e. The van der Waals surface area contributed by atoms with E-state index in [0.29, 0.717) is 0 Å². The van der Waals surface area contributed by atoms with Gasteiger partial charge in [-0.25, -0.2) is 0 Å². The zero-order valence-electron chi connectivity index (χ0n) is 18.6. The lowest BCUT2D eigenvalue weighted by Gasteiger charge is -2.35. The van der Waals surface area contributed by atoms with Gasteiger partial charge in [0.1, 0.15) is 0 Å². The molecule has 1 aromatic heterocycles. The van der Waals surface area contributed by atoms with E-state index in [0.717, 1.165) is 19.5 Å². The van der Waals surface area contributed by atoms with Crippen LogP contribution in [-0.2, 0) is 6.42 Å². The number of para-hydroxylation sites is 1. The van der Waals surface area contributed by atoms with Crippen LogP contribution < -0.4 is 0 Å². The lowest BCUT2D eigenvalue weighted by atomic mass is 10.0. The first-order chi connectivity index (χ1) is 14.7. The molecule has 4 rings (SSSR count). The average Bonchev–Trinajstić information content (AvgIpc) is 3.17. The van der Waals surface area contributed by atoms with Crippen molar-refractivity contribution in [3.05, 3.63) is 60.2 Å². The highest BCUT2D eigenvalue weighted by molar-refractivity contribution is 5.90. The summed E-state index contributed by atoms with van der Waals surface area (Å²) in [6.07, 6.45) is 2.37. The van der Waals surface area contributed by atoms with Gasteiger partial charge in [-0.2, -0.15) is 0 Å². The van der Waals surface area contributed by atoms with Crippen molar-refractivity contribution in [3.8, 4) is 11.3 Å². The molecule has 4 nitrogen and oxygen atoms in total. The number of aromatic nitrogens is 1. The molecule has 0 bridgehead atoms. The second-order valence-corrected chi connectivity index (χ2v) is 8.57. The number of nitrogens with zero attached hydrogens (tertiary/aromatic N) is 3. The summed E-state index contributed by atoms with van der Waals surface area (Å²) in [4.78, 5) is 11.4. The molecule has 0 radical (unpaired) electrons. The molecule has 1 aliphatic rings. The van der Waals surface area contributed by atoms with Crippen LogP contribution >= 0.6 is 0 Å². The van der Waals surface area contributed by atoms with E-state index >= 15 is 0 Å². The predicted octanol–water partition coefficient (Wildman–Crippen LogP) is 4.34. The molecule has 2 heterocycles. The first-order valence-corrected chi connectivity index (χ1v) is 11.5. The van der Waals surface area contributed by atoms with E-state index in [2.05, 4.69) is 88.3 Å². The number of fused-ring (bicyclic) bond motifs is 1. The van der Waals surface area contributed by atoms with Crippen molar-refractivity contribution in [1.82, 2.24) is 19.7 Å². The minimum Gasteiger partial charge on any atom is -0.354 e. The minimum absolute atomic E-state index is 1.09. The van der Waals surface area contributed by atoms with Crippen LogP contribution in [0.4, 0.5) is 0 Å². The molecule has 1 N–H and O–H groups in total. The van der Waals surface area contributed by atoms with Gasteiger partial charge in [-0.1, -0.05) is 55.5 Å². The summed E-state index contributed by atoms with van der Waals surface area (Å²) in [6, 6.07) is 19.5. The van der Waals surface area contributed by atoms with E-state index < -0.39 is 0 Å². The number of hydrogen-bond donors (Lipinski definition) is 1. The number of H-pyrrole nitrogens is 1. The maximum atomic E-state index is 3.68. The van der Waals surface area contributed by atoms with Gasteiger partial charge in [0.25, 0.3) is 0 Å². The fourth-order valence-electron chi connectivity index (χ4n) is 4.54. The van der Waals surface area contributed by atoms with Crippen molar-refractivity contribution in [2.24, 2.45) is 0 Å². The number of aromatic amines is 1. The molecule has 1 saturated heterocycles. The molecule has 0 spiro atoms. The molecule has 0 unspecified atom stereocenters. The van der Waals surface area contributed by atoms with Crippen LogP contribution in [0.3, 0.4) is 0 Å². The molecule has 30 heavy (non-hydrogen) atoms. The van der Waals surface area contributed by atoms with E-state index in [1.165, 1.54) is 73.4 Å². The van der Waals surface area contributed by atoms with Gasteiger partial charge in [-0.05, 0) is 56.7 Å². The quantitative estimate of drug-likeness (QED) is 0.574. The van der Waals surface area contributed by atoms with Gasteiger partial charge in [-0.15, -0.1) is 0 Å². The summed E-state index contributed by atoms with van der Waals surface area (Å²) in [5.41, 5.74) is 5.27. The van der Waals surface area contributed by atoms with Gasteiger partial charge in [0.15, 0.2) is 0 Å². The fraction of sp³-hybridized carbons (Fsp3) is 0.462. The van der Waals surface area contributed by atoms with Gasteiger partial charge in [0.2, 0.25) is 0 Å². The van der Waals surface area contributed by atoms with Crippen LogP contribution in [0, 0.1) is 0 Å². The largest absolute Gasteiger partial charge is 0.354 e. The molecule has 1 aliphatic heterocycles. The Bertz CT molecular complexity index is 909. The van der Waals surface area contributed by atoms with E-state index in [1.807, 2.05) is 0 Å². The van der Waals surface area contributed by atoms with Gasteiger partial charge < -0.3 is 19.7 Å². The van der Waals surface area contributed by atoms with Crippen LogP contribution in [-0.4, -0.2) is 79.1 Å². The van der Waals surface area contributed by atoms with Gasteiger partial charge in [-0.3, -0.25) is 0 Å². The Labute approximate surface area is 181 Å². The van der Waals surface area contributed by atoms with E-state index in [9.17, 15) is 0 Å². The Morgan fingerprint density at radius 3 is 2.27 bits per heavy atom. The van der Waals surface area contributed by atoms with Crippen LogP contribution in [0.1, 0.15) is 18.9 Å². The highest BCUT2D eigenvalue weighted by Crippen LogP contribution is 2.30. The van der Waals surface area contributed by atoms with Gasteiger partial charge >= 0.3 is 0 Å². The molecule has 3 aromatic rings. The summed E-state index contributed by atoms with van der Waals surface area (Å²) in [5, 5.41) is 1.37. The molecular weight excluding hydrogens is 368 g/mol. The molecule has 0 saturated carbocycles. The summed E-state index contributed by atoms with van der Waals surface area (Å²) >= 11 is 0. The van der Waals surface area contributed by atoms with Crippen molar-refractivity contribution in [1.29, 1.82) is 0 Å². The van der Waals surface area contributed by atoms with Crippen molar-refractivity contribution in [3.63, 3.8) is 0 Å². The monoisotopic (exact) mass is 404 g/mol. The van der Waals surface area contributed by atoms with Crippen LogP contribution in [0.5, 0.6) is 0 Å². The van der Waals surface area contributed by atoms with E-state index in [1.54, 1.807) is 0 Å². The number of nitrogens with one attached hydrogen (secondary N) is 1. The van der Waals surface area contributed by atoms with Crippen LogP contribution in [0.15, 0.2) is 54.6 Å². The predicted molar refractivity (Wildman–Crippen MR) is 128 cm³/mol. The van der Waals surface area contributed by atoms with Gasteiger partial charge in [0, 0.05) is 49.3 Å². The highest BCUT2D eigenvalue weighted by Gasteiger charge is 2.18. The van der Waals surface area contributed by atoms with E-state index in [4.69, 9.17) is 0 Å². The number of hydrogen-bond acceptors (Lipinski definition) is 3. The van der Waals surface area contributed by atoms with Crippen LogP contribution in [0.25, 0.3) is 22.2 Å². The minimum atomic E-state index is 1.09. The van der Waals surface area contributed by atoms with Crippen molar-refractivity contribution in [2.75, 3.05) is 59.4 Å². The normalized spacial score (nSPS) is 16.0. The number of benzene rings is 2. The molecule has 2 aromatic carbocycles. The summed E-state index contributed by atoms with van der Waals surface area (Å²) in [6.45, 7) is 11.7. The Morgan fingerprint density at radius 1 is 0.867 bits per heavy atom. The zero-order chi connectivity index (χ0) is 20.8. The topological polar surface area (TPSA) is 25.5 Å². The van der Waals surface area contributed by atoms with E-state index in [-0.39, 0.29) is 0 Å².